The number of hydrogen-bond acceptors (Lipinski definition) is 2. The summed E-state index contributed by atoms with van der Waals surface area (Å²) in [6.45, 7) is 9.20. The first-order valence-electron chi connectivity index (χ1n) is 4.55. The van der Waals surface area contributed by atoms with Gasteiger partial charge >= 0.3 is 5.97 Å². The van der Waals surface area contributed by atoms with Gasteiger partial charge in [-0.15, -0.1) is 5.92 Å². The monoisotopic (exact) mass is 182 g/mol. The predicted octanol–water partition coefficient (Wildman–Crippen LogP) is 2.38. The maximum Gasteiger partial charge on any atom is 0.312 e. The Labute approximate surface area is 80.7 Å². The van der Waals surface area contributed by atoms with Crippen LogP contribution in [0.3, 0.4) is 0 Å². The third-order valence-corrected chi connectivity index (χ3v) is 1.54. The van der Waals surface area contributed by atoms with Gasteiger partial charge < -0.3 is 4.74 Å². The maximum absolute atomic E-state index is 11.4. The minimum absolute atomic E-state index is 0.192. The molecular formula is C11H18O2. The van der Waals surface area contributed by atoms with E-state index in [1.54, 1.807) is 6.92 Å². The van der Waals surface area contributed by atoms with Gasteiger partial charge in [0.1, 0.15) is 0 Å². The lowest BCUT2D eigenvalue weighted by Crippen LogP contribution is -2.27. The molecular weight excluding hydrogens is 164 g/mol. The molecule has 0 radical (unpaired) electrons. The van der Waals surface area contributed by atoms with Gasteiger partial charge in [-0.05, 0) is 34.1 Å². The van der Waals surface area contributed by atoms with Crippen molar-refractivity contribution < 1.29 is 9.53 Å². The van der Waals surface area contributed by atoms with E-state index in [0.717, 1.165) is 6.42 Å². The van der Waals surface area contributed by atoms with Gasteiger partial charge in [0.05, 0.1) is 5.41 Å². The molecule has 0 saturated heterocycles. The van der Waals surface area contributed by atoms with Crippen molar-refractivity contribution in [3.8, 4) is 11.8 Å². The number of ether oxygens (including phenoxy) is 1. The van der Waals surface area contributed by atoms with Crippen molar-refractivity contribution >= 4 is 5.97 Å². The molecule has 0 aromatic rings. The third kappa shape index (κ3) is 4.57. The van der Waals surface area contributed by atoms with E-state index in [-0.39, 0.29) is 12.1 Å². The minimum atomic E-state index is -0.442. The molecule has 1 unspecified atom stereocenters. The lowest BCUT2D eigenvalue weighted by molar-refractivity contribution is -0.156. The molecule has 0 saturated carbocycles. The molecule has 2 nitrogen and oxygen atoms in total. The number of rotatable bonds is 2. The minimum Gasteiger partial charge on any atom is -0.449 e. The Morgan fingerprint density at radius 1 is 1.46 bits per heavy atom. The molecule has 0 aromatic heterocycles. The van der Waals surface area contributed by atoms with Crippen LogP contribution in [0.4, 0.5) is 0 Å². The number of carbonyl (C=O) groups is 1. The number of hydrogen-bond donors (Lipinski definition) is 0. The molecule has 0 aliphatic heterocycles. The van der Waals surface area contributed by atoms with Crippen molar-refractivity contribution in [2.75, 3.05) is 0 Å². The van der Waals surface area contributed by atoms with Gasteiger partial charge in [-0.3, -0.25) is 4.79 Å². The fourth-order valence-electron chi connectivity index (χ4n) is 0.682. The van der Waals surface area contributed by atoms with Crippen molar-refractivity contribution in [1.82, 2.24) is 0 Å². The average Bonchev–Trinajstić information content (AvgIpc) is 2.01. The van der Waals surface area contributed by atoms with Crippen molar-refractivity contribution in [2.45, 2.75) is 47.1 Å². The molecule has 1 atom stereocenters. The molecule has 0 rings (SSSR count). The molecule has 0 bridgehead atoms. The van der Waals surface area contributed by atoms with Crippen LogP contribution in [-0.4, -0.2) is 12.1 Å². The normalized spacial score (nSPS) is 12.7. The first-order chi connectivity index (χ1) is 5.91. The van der Waals surface area contributed by atoms with Gasteiger partial charge in [-0.1, -0.05) is 12.8 Å². The van der Waals surface area contributed by atoms with Crippen LogP contribution in [0.1, 0.15) is 41.0 Å². The van der Waals surface area contributed by atoms with Crippen LogP contribution in [0.15, 0.2) is 0 Å². The number of carbonyl (C=O) groups excluding carboxylic acids is 1. The quantitative estimate of drug-likeness (QED) is 0.484. The van der Waals surface area contributed by atoms with Crippen LogP contribution in [0, 0.1) is 17.3 Å². The Hall–Kier alpha value is -0.970. The van der Waals surface area contributed by atoms with Crippen molar-refractivity contribution in [3.63, 3.8) is 0 Å². The van der Waals surface area contributed by atoms with Crippen LogP contribution < -0.4 is 0 Å². The Morgan fingerprint density at radius 2 is 2.00 bits per heavy atom. The van der Waals surface area contributed by atoms with Crippen LogP contribution in [0.5, 0.6) is 0 Å². The SMILES string of the molecule is CC#CC(CC)OC(=O)C(C)(C)C. The second-order valence-corrected chi connectivity index (χ2v) is 3.95. The molecule has 0 amide bonds. The first-order valence-corrected chi connectivity index (χ1v) is 4.55. The van der Waals surface area contributed by atoms with Crippen LogP contribution >= 0.6 is 0 Å². The van der Waals surface area contributed by atoms with Gasteiger partial charge in [0.2, 0.25) is 0 Å². The zero-order chi connectivity index (χ0) is 10.5. The Balaban J connectivity index is 4.23. The second-order valence-electron chi connectivity index (χ2n) is 3.95. The molecule has 2 heteroatoms. The summed E-state index contributed by atoms with van der Waals surface area (Å²) in [5.74, 6) is 5.40. The highest BCUT2D eigenvalue weighted by atomic mass is 16.5. The average molecular weight is 182 g/mol. The van der Waals surface area contributed by atoms with Gasteiger partial charge in [-0.25, -0.2) is 0 Å². The fraction of sp³-hybridized carbons (Fsp3) is 0.727. The standard InChI is InChI=1S/C11H18O2/c1-6-8-9(7-2)13-10(12)11(3,4)5/h9H,7H2,1-5H3. The highest BCUT2D eigenvalue weighted by Gasteiger charge is 2.24. The van der Waals surface area contributed by atoms with Gasteiger partial charge in [0.25, 0.3) is 0 Å². The molecule has 0 aliphatic carbocycles. The summed E-state index contributed by atoms with van der Waals surface area (Å²) in [7, 11) is 0. The van der Waals surface area contributed by atoms with E-state index in [4.69, 9.17) is 4.74 Å². The molecule has 0 heterocycles. The number of esters is 1. The van der Waals surface area contributed by atoms with Gasteiger partial charge in [-0.2, -0.15) is 0 Å². The Morgan fingerprint density at radius 3 is 2.31 bits per heavy atom. The summed E-state index contributed by atoms with van der Waals surface area (Å²) in [5.41, 5.74) is -0.442. The van der Waals surface area contributed by atoms with Gasteiger partial charge in [0.15, 0.2) is 6.10 Å². The largest absolute Gasteiger partial charge is 0.449 e. The van der Waals surface area contributed by atoms with E-state index in [2.05, 4.69) is 11.8 Å². The van der Waals surface area contributed by atoms with E-state index >= 15 is 0 Å². The highest BCUT2D eigenvalue weighted by molar-refractivity contribution is 5.75. The third-order valence-electron chi connectivity index (χ3n) is 1.54. The zero-order valence-corrected chi connectivity index (χ0v) is 9.10. The zero-order valence-electron chi connectivity index (χ0n) is 9.10. The van der Waals surface area contributed by atoms with Gasteiger partial charge in [0, 0.05) is 0 Å². The summed E-state index contributed by atoms with van der Waals surface area (Å²) in [5, 5.41) is 0. The fourth-order valence-corrected chi connectivity index (χ4v) is 0.682. The lowest BCUT2D eigenvalue weighted by Gasteiger charge is -2.19. The van der Waals surface area contributed by atoms with Crippen LogP contribution in [-0.2, 0) is 9.53 Å². The van der Waals surface area contributed by atoms with Crippen LogP contribution in [0.2, 0.25) is 0 Å². The summed E-state index contributed by atoms with van der Waals surface area (Å²) < 4.78 is 5.19. The van der Waals surface area contributed by atoms with E-state index in [1.807, 2.05) is 27.7 Å². The molecule has 0 aliphatic rings. The van der Waals surface area contributed by atoms with E-state index in [1.165, 1.54) is 0 Å². The van der Waals surface area contributed by atoms with Crippen molar-refractivity contribution in [2.24, 2.45) is 5.41 Å². The Kier molecular flexibility index (Phi) is 4.55. The molecule has 13 heavy (non-hydrogen) atoms. The Bertz CT molecular complexity index is 225. The summed E-state index contributed by atoms with van der Waals surface area (Å²) in [6.07, 6.45) is 0.486. The second kappa shape index (κ2) is 4.91. The summed E-state index contributed by atoms with van der Waals surface area (Å²) in [6, 6.07) is 0. The topological polar surface area (TPSA) is 26.3 Å². The predicted molar refractivity (Wildman–Crippen MR) is 53.1 cm³/mol. The first kappa shape index (κ1) is 12.0. The van der Waals surface area contributed by atoms with Crippen LogP contribution in [0.25, 0.3) is 0 Å². The molecule has 0 spiro atoms. The molecule has 0 N–H and O–H groups in total. The summed E-state index contributed by atoms with van der Waals surface area (Å²) in [4.78, 5) is 11.4. The smallest absolute Gasteiger partial charge is 0.312 e. The molecule has 74 valence electrons. The van der Waals surface area contributed by atoms with Crippen molar-refractivity contribution in [1.29, 1.82) is 0 Å². The van der Waals surface area contributed by atoms with E-state index in [0.29, 0.717) is 0 Å². The highest BCUT2D eigenvalue weighted by Crippen LogP contribution is 2.16. The maximum atomic E-state index is 11.4. The summed E-state index contributed by atoms with van der Waals surface area (Å²) >= 11 is 0. The molecule has 0 aromatic carbocycles. The van der Waals surface area contributed by atoms with E-state index < -0.39 is 5.41 Å². The molecule has 0 fully saturated rings. The van der Waals surface area contributed by atoms with Crippen molar-refractivity contribution in [3.05, 3.63) is 0 Å². The van der Waals surface area contributed by atoms with E-state index in [9.17, 15) is 4.79 Å². The lowest BCUT2D eigenvalue weighted by atomic mass is 9.97.